The average molecular weight is 362 g/mol. The molecule has 2 atom stereocenters. The number of aliphatic imine (C=N–C) groups is 1. The Bertz CT molecular complexity index is 747. The van der Waals surface area contributed by atoms with Gasteiger partial charge in [-0.15, -0.1) is 0 Å². The molecule has 0 bridgehead atoms. The molecule has 0 saturated carbocycles. The molecule has 0 saturated heterocycles. The van der Waals surface area contributed by atoms with E-state index in [1.807, 2.05) is 48.5 Å². The zero-order valence-corrected chi connectivity index (χ0v) is 13.2. The largest absolute Gasteiger partial charge is 0.490 e. The summed E-state index contributed by atoms with van der Waals surface area (Å²) >= 11 is 3.40. The second-order valence-electron chi connectivity index (χ2n) is 5.49. The Balaban J connectivity index is 1.72. The third-order valence-corrected chi connectivity index (χ3v) is 4.47. The van der Waals surface area contributed by atoms with Crippen LogP contribution in [0.15, 0.2) is 58.0 Å². The van der Waals surface area contributed by atoms with Crippen LogP contribution in [0, 0.1) is 0 Å². The molecule has 0 fully saturated rings. The minimum atomic E-state index is -1.62. The van der Waals surface area contributed by atoms with Gasteiger partial charge in [0, 0.05) is 15.6 Å². The van der Waals surface area contributed by atoms with Gasteiger partial charge in [0.05, 0.1) is 6.54 Å². The highest BCUT2D eigenvalue weighted by Crippen LogP contribution is 2.44. The molecule has 0 amide bonds. The van der Waals surface area contributed by atoms with Crippen LogP contribution in [0.1, 0.15) is 17.2 Å². The summed E-state index contributed by atoms with van der Waals surface area (Å²) in [6.07, 6.45) is -0.686. The maximum absolute atomic E-state index is 15.1. The van der Waals surface area contributed by atoms with Gasteiger partial charge in [-0.3, -0.25) is 0 Å². The summed E-state index contributed by atoms with van der Waals surface area (Å²) in [7, 11) is 0. The monoisotopic (exact) mass is 361 g/mol. The molecule has 3 nitrogen and oxygen atoms in total. The van der Waals surface area contributed by atoms with E-state index in [-0.39, 0.29) is 13.2 Å². The first-order valence-corrected chi connectivity index (χ1v) is 7.83. The van der Waals surface area contributed by atoms with Crippen molar-refractivity contribution in [1.82, 2.24) is 0 Å². The lowest BCUT2D eigenvalue weighted by Gasteiger charge is -2.40. The Labute approximate surface area is 135 Å². The number of nitrogens with zero attached hydrogens (tertiary/aromatic N) is 1. The van der Waals surface area contributed by atoms with Crippen molar-refractivity contribution in [2.45, 2.75) is 11.8 Å². The van der Waals surface area contributed by atoms with Gasteiger partial charge in [0.15, 0.2) is 6.10 Å². The molecule has 0 spiro atoms. The SMILES string of the molecule is F[C@@]12CN=C(c3ccc(Br)cc3)O[C@@H]1c1ccccc1OC2. The summed E-state index contributed by atoms with van der Waals surface area (Å²) in [5.74, 6) is 1.15. The molecule has 22 heavy (non-hydrogen) atoms. The van der Waals surface area contributed by atoms with E-state index in [0.29, 0.717) is 11.6 Å². The summed E-state index contributed by atoms with van der Waals surface area (Å²) < 4.78 is 27.5. The van der Waals surface area contributed by atoms with Crippen molar-refractivity contribution in [3.8, 4) is 5.75 Å². The Kier molecular flexibility index (Phi) is 3.18. The van der Waals surface area contributed by atoms with Crippen LogP contribution in [0.25, 0.3) is 0 Å². The summed E-state index contributed by atoms with van der Waals surface area (Å²) in [6.45, 7) is 0.00317. The van der Waals surface area contributed by atoms with Crippen LogP contribution in [-0.4, -0.2) is 24.7 Å². The number of alkyl halides is 1. The van der Waals surface area contributed by atoms with Crippen LogP contribution < -0.4 is 4.74 Å². The number of hydrogen-bond acceptors (Lipinski definition) is 3. The summed E-state index contributed by atoms with van der Waals surface area (Å²) in [5, 5.41) is 0. The molecule has 0 unspecified atom stereocenters. The number of fused-ring (bicyclic) bond motifs is 3. The van der Waals surface area contributed by atoms with Gasteiger partial charge in [-0.05, 0) is 30.3 Å². The molecule has 0 aliphatic carbocycles. The third-order valence-electron chi connectivity index (χ3n) is 3.95. The van der Waals surface area contributed by atoms with Crippen molar-refractivity contribution in [3.05, 3.63) is 64.1 Å². The predicted molar refractivity (Wildman–Crippen MR) is 85.1 cm³/mol. The van der Waals surface area contributed by atoms with Crippen LogP contribution in [0.4, 0.5) is 4.39 Å². The molecule has 2 aliphatic rings. The van der Waals surface area contributed by atoms with Crippen LogP contribution in [0.2, 0.25) is 0 Å². The van der Waals surface area contributed by atoms with E-state index in [0.717, 1.165) is 15.6 Å². The lowest BCUT2D eigenvalue weighted by atomic mass is 9.89. The minimum absolute atomic E-state index is 0.0359. The number of rotatable bonds is 1. The molecule has 2 aliphatic heterocycles. The van der Waals surface area contributed by atoms with E-state index in [1.54, 1.807) is 0 Å². The fraction of sp³-hybridized carbons (Fsp3) is 0.235. The van der Waals surface area contributed by atoms with Crippen molar-refractivity contribution in [2.75, 3.05) is 13.2 Å². The van der Waals surface area contributed by atoms with Gasteiger partial charge in [0.25, 0.3) is 0 Å². The van der Waals surface area contributed by atoms with Crippen molar-refractivity contribution in [2.24, 2.45) is 4.99 Å². The zero-order chi connectivity index (χ0) is 15.2. The van der Waals surface area contributed by atoms with Crippen LogP contribution in [-0.2, 0) is 4.74 Å². The highest BCUT2D eigenvalue weighted by atomic mass is 79.9. The van der Waals surface area contributed by atoms with Gasteiger partial charge in [-0.2, -0.15) is 0 Å². The highest BCUT2D eigenvalue weighted by Gasteiger charge is 2.50. The summed E-state index contributed by atoms with van der Waals surface area (Å²) in [6, 6.07) is 15.0. The van der Waals surface area contributed by atoms with Gasteiger partial charge < -0.3 is 9.47 Å². The maximum atomic E-state index is 15.1. The summed E-state index contributed by atoms with van der Waals surface area (Å²) in [4.78, 5) is 4.28. The Morgan fingerprint density at radius 3 is 2.73 bits per heavy atom. The molecule has 0 N–H and O–H groups in total. The normalized spacial score (nSPS) is 26.1. The number of ether oxygens (including phenoxy) is 2. The average Bonchev–Trinajstić information content (AvgIpc) is 2.55. The predicted octanol–water partition coefficient (Wildman–Crippen LogP) is 4.07. The molecular weight excluding hydrogens is 349 g/mol. The number of benzene rings is 2. The van der Waals surface area contributed by atoms with Crippen molar-refractivity contribution in [1.29, 1.82) is 0 Å². The van der Waals surface area contributed by atoms with Gasteiger partial charge in [0.2, 0.25) is 11.6 Å². The molecular formula is C17H13BrFNO2. The van der Waals surface area contributed by atoms with Gasteiger partial charge in [-0.1, -0.05) is 34.1 Å². The van der Waals surface area contributed by atoms with Crippen molar-refractivity contribution < 1.29 is 13.9 Å². The van der Waals surface area contributed by atoms with Gasteiger partial charge in [-0.25, -0.2) is 9.38 Å². The number of halogens is 2. The number of hydrogen-bond donors (Lipinski definition) is 0. The quantitative estimate of drug-likeness (QED) is 0.766. The van der Waals surface area contributed by atoms with E-state index < -0.39 is 11.8 Å². The van der Waals surface area contributed by atoms with Crippen LogP contribution in [0.5, 0.6) is 5.75 Å². The molecule has 2 aromatic carbocycles. The molecule has 0 aromatic heterocycles. The smallest absolute Gasteiger partial charge is 0.216 e. The van der Waals surface area contributed by atoms with Crippen molar-refractivity contribution in [3.63, 3.8) is 0 Å². The number of para-hydroxylation sites is 1. The van der Waals surface area contributed by atoms with Crippen molar-refractivity contribution >= 4 is 21.8 Å². The Hall–Kier alpha value is -1.88. The van der Waals surface area contributed by atoms with Crippen LogP contribution in [0.3, 0.4) is 0 Å². The Morgan fingerprint density at radius 1 is 1.14 bits per heavy atom. The molecule has 5 heteroatoms. The molecule has 2 heterocycles. The van der Waals surface area contributed by atoms with Gasteiger partial charge >= 0.3 is 0 Å². The molecule has 4 rings (SSSR count). The first-order chi connectivity index (χ1) is 10.7. The second kappa shape index (κ2) is 5.09. The molecule has 2 aromatic rings. The van der Waals surface area contributed by atoms with E-state index >= 15 is 4.39 Å². The summed E-state index contributed by atoms with van der Waals surface area (Å²) in [5.41, 5.74) is -0.0392. The lowest BCUT2D eigenvalue weighted by Crippen LogP contribution is -2.48. The first kappa shape index (κ1) is 13.8. The zero-order valence-electron chi connectivity index (χ0n) is 11.6. The first-order valence-electron chi connectivity index (χ1n) is 7.03. The molecule has 112 valence electrons. The van der Waals surface area contributed by atoms with E-state index in [2.05, 4.69) is 20.9 Å². The van der Waals surface area contributed by atoms with E-state index in [4.69, 9.17) is 9.47 Å². The standard InChI is InChI=1S/C17H13BrFNO2/c18-12-7-5-11(6-8-12)16-20-9-17(19)10-21-14-4-2-1-3-13(14)15(17)22-16/h1-8,15H,9-10H2/t15-,17-/m1/s1. The fourth-order valence-electron chi connectivity index (χ4n) is 2.78. The topological polar surface area (TPSA) is 30.8 Å². The van der Waals surface area contributed by atoms with Gasteiger partial charge in [0.1, 0.15) is 12.4 Å². The Morgan fingerprint density at radius 2 is 1.91 bits per heavy atom. The lowest BCUT2D eigenvalue weighted by molar-refractivity contribution is -0.0535. The second-order valence-corrected chi connectivity index (χ2v) is 6.40. The van der Waals surface area contributed by atoms with Crippen LogP contribution >= 0.6 is 15.9 Å². The fourth-order valence-corrected chi connectivity index (χ4v) is 3.05. The molecule has 0 radical (unpaired) electrons. The van der Waals surface area contributed by atoms with E-state index in [1.165, 1.54) is 0 Å². The van der Waals surface area contributed by atoms with E-state index in [9.17, 15) is 0 Å². The maximum Gasteiger partial charge on any atom is 0.216 e. The highest BCUT2D eigenvalue weighted by molar-refractivity contribution is 9.10. The third kappa shape index (κ3) is 2.20. The minimum Gasteiger partial charge on any atom is -0.490 e.